The Hall–Kier alpha value is -2.69. The first-order valence-electron chi connectivity index (χ1n) is 8.72. The number of rotatable bonds is 9. The van der Waals surface area contributed by atoms with Crippen molar-refractivity contribution in [1.82, 2.24) is 0 Å². The zero-order valence-electron chi connectivity index (χ0n) is 16.2. The van der Waals surface area contributed by atoms with Gasteiger partial charge in [0.25, 0.3) is 10.0 Å². The largest absolute Gasteiger partial charge is 0.497 e. The van der Waals surface area contributed by atoms with E-state index in [-0.39, 0.29) is 22.3 Å². The molecule has 10 heteroatoms. The van der Waals surface area contributed by atoms with Crippen LogP contribution in [0.15, 0.2) is 69.1 Å². The SMILES string of the molecule is COc1ccc(NS(=O)(=O)c2cc(NC(=O)CSc3cccs3)ccc2OC)cc1. The van der Waals surface area contributed by atoms with Gasteiger partial charge in [0.15, 0.2) is 0 Å². The van der Waals surface area contributed by atoms with Gasteiger partial charge in [0.05, 0.1) is 24.2 Å². The van der Waals surface area contributed by atoms with Crippen molar-refractivity contribution in [2.45, 2.75) is 9.10 Å². The van der Waals surface area contributed by atoms with Gasteiger partial charge in [-0.2, -0.15) is 0 Å². The van der Waals surface area contributed by atoms with Crippen molar-refractivity contribution in [3.05, 3.63) is 60.0 Å². The van der Waals surface area contributed by atoms with E-state index in [9.17, 15) is 13.2 Å². The Kier molecular flexibility index (Phi) is 7.24. The molecule has 0 atom stereocenters. The molecule has 7 nitrogen and oxygen atoms in total. The summed E-state index contributed by atoms with van der Waals surface area (Å²) < 4.78 is 39.7. The number of amides is 1. The Morgan fingerprint density at radius 1 is 1.03 bits per heavy atom. The summed E-state index contributed by atoms with van der Waals surface area (Å²) in [7, 11) is -1.04. The topological polar surface area (TPSA) is 93.7 Å². The molecule has 0 aliphatic heterocycles. The van der Waals surface area contributed by atoms with Gasteiger partial charge < -0.3 is 14.8 Å². The van der Waals surface area contributed by atoms with Crippen LogP contribution in [0.25, 0.3) is 0 Å². The third-order valence-electron chi connectivity index (χ3n) is 3.92. The van der Waals surface area contributed by atoms with Crippen molar-refractivity contribution in [1.29, 1.82) is 0 Å². The second-order valence-corrected chi connectivity index (χ2v) is 9.84. The van der Waals surface area contributed by atoms with Gasteiger partial charge in [-0.1, -0.05) is 6.07 Å². The van der Waals surface area contributed by atoms with Crippen molar-refractivity contribution in [2.75, 3.05) is 30.0 Å². The van der Waals surface area contributed by atoms with Crippen LogP contribution in [0.1, 0.15) is 0 Å². The molecule has 2 aromatic carbocycles. The van der Waals surface area contributed by atoms with Crippen LogP contribution in [-0.4, -0.2) is 34.3 Å². The minimum Gasteiger partial charge on any atom is -0.497 e. The summed E-state index contributed by atoms with van der Waals surface area (Å²) in [5, 5.41) is 4.67. The fourth-order valence-corrected chi connectivity index (χ4v) is 5.35. The van der Waals surface area contributed by atoms with Crippen molar-refractivity contribution < 1.29 is 22.7 Å². The van der Waals surface area contributed by atoms with Gasteiger partial charge in [-0.15, -0.1) is 23.1 Å². The second kappa shape index (κ2) is 9.88. The standard InChI is InChI=1S/C20H20N2O5S3/c1-26-16-8-5-14(6-9-16)22-30(24,25)18-12-15(7-10-17(18)27-2)21-19(23)13-29-20-4-3-11-28-20/h3-12,22H,13H2,1-2H3,(H,21,23). The van der Waals surface area contributed by atoms with E-state index in [1.54, 1.807) is 41.7 Å². The van der Waals surface area contributed by atoms with Crippen LogP contribution in [0.5, 0.6) is 11.5 Å². The fourth-order valence-electron chi connectivity index (χ4n) is 2.51. The number of sulfonamides is 1. The molecule has 2 N–H and O–H groups in total. The molecule has 0 unspecified atom stereocenters. The summed E-state index contributed by atoms with van der Waals surface area (Å²) in [6.45, 7) is 0. The van der Waals surface area contributed by atoms with Gasteiger partial charge in [-0.05, 0) is 53.9 Å². The van der Waals surface area contributed by atoms with Crippen LogP contribution in [0.2, 0.25) is 0 Å². The quantitative estimate of drug-likeness (QED) is 0.459. The zero-order chi connectivity index (χ0) is 21.6. The molecule has 1 aromatic heterocycles. The van der Waals surface area contributed by atoms with Crippen molar-refractivity contribution in [2.24, 2.45) is 0 Å². The summed E-state index contributed by atoms with van der Waals surface area (Å²) in [5.41, 5.74) is 0.738. The molecule has 0 fully saturated rings. The first-order valence-corrected chi connectivity index (χ1v) is 12.1. The molecule has 0 bridgehead atoms. The maximum atomic E-state index is 12.9. The van der Waals surface area contributed by atoms with Gasteiger partial charge in [-0.25, -0.2) is 8.42 Å². The average molecular weight is 465 g/mol. The summed E-state index contributed by atoms with van der Waals surface area (Å²) in [4.78, 5) is 12.2. The lowest BCUT2D eigenvalue weighted by atomic mass is 10.3. The molecule has 0 saturated heterocycles. The summed E-state index contributed by atoms with van der Waals surface area (Å²) in [5.74, 6) is 0.770. The maximum Gasteiger partial charge on any atom is 0.265 e. The monoisotopic (exact) mass is 464 g/mol. The van der Waals surface area contributed by atoms with E-state index in [1.807, 2.05) is 17.5 Å². The van der Waals surface area contributed by atoms with Crippen LogP contribution in [0, 0.1) is 0 Å². The fraction of sp³-hybridized carbons (Fsp3) is 0.150. The van der Waals surface area contributed by atoms with Crippen molar-refractivity contribution in [3.63, 3.8) is 0 Å². The molecule has 1 amide bonds. The highest BCUT2D eigenvalue weighted by Crippen LogP contribution is 2.30. The third kappa shape index (κ3) is 5.68. The van der Waals surface area contributed by atoms with Crippen LogP contribution < -0.4 is 19.5 Å². The molecule has 0 aliphatic rings. The second-order valence-electron chi connectivity index (χ2n) is 5.97. The molecule has 30 heavy (non-hydrogen) atoms. The number of nitrogens with one attached hydrogen (secondary N) is 2. The minimum atomic E-state index is -3.95. The number of carbonyl (C=O) groups excluding carboxylic acids is 1. The molecule has 3 rings (SSSR count). The molecule has 0 aliphatic carbocycles. The number of thioether (sulfide) groups is 1. The number of thiophene rings is 1. The van der Waals surface area contributed by atoms with E-state index in [1.165, 1.54) is 38.1 Å². The van der Waals surface area contributed by atoms with E-state index in [0.717, 1.165) is 4.21 Å². The molecule has 0 radical (unpaired) electrons. The molecule has 1 heterocycles. The van der Waals surface area contributed by atoms with Crippen LogP contribution in [0.4, 0.5) is 11.4 Å². The van der Waals surface area contributed by atoms with E-state index in [2.05, 4.69) is 10.0 Å². The van der Waals surface area contributed by atoms with Crippen LogP contribution in [0.3, 0.4) is 0 Å². The number of ether oxygens (including phenoxy) is 2. The smallest absolute Gasteiger partial charge is 0.265 e. The minimum absolute atomic E-state index is 0.0791. The summed E-state index contributed by atoms with van der Waals surface area (Å²) in [6, 6.07) is 14.8. The highest BCUT2D eigenvalue weighted by Gasteiger charge is 2.21. The Morgan fingerprint density at radius 2 is 1.77 bits per heavy atom. The van der Waals surface area contributed by atoms with Gasteiger partial charge in [0.1, 0.15) is 16.4 Å². The molecule has 0 spiro atoms. The number of anilines is 2. The summed E-state index contributed by atoms with van der Waals surface area (Å²) in [6.07, 6.45) is 0. The van der Waals surface area contributed by atoms with Crippen molar-refractivity contribution >= 4 is 50.4 Å². The Bertz CT molecular complexity index is 1100. The molecule has 3 aromatic rings. The normalized spacial score (nSPS) is 11.0. The van der Waals surface area contributed by atoms with Gasteiger partial charge >= 0.3 is 0 Å². The maximum absolute atomic E-state index is 12.9. The van der Waals surface area contributed by atoms with E-state index >= 15 is 0 Å². The predicted octanol–water partition coefficient (Wildman–Crippen LogP) is 4.30. The van der Waals surface area contributed by atoms with E-state index in [4.69, 9.17) is 9.47 Å². The van der Waals surface area contributed by atoms with Crippen LogP contribution >= 0.6 is 23.1 Å². The number of hydrogen-bond acceptors (Lipinski definition) is 7. The van der Waals surface area contributed by atoms with Gasteiger partial charge in [0, 0.05) is 11.4 Å². The lowest BCUT2D eigenvalue weighted by Crippen LogP contribution is -2.17. The Labute approximate surface area is 183 Å². The van der Waals surface area contributed by atoms with E-state index < -0.39 is 10.0 Å². The van der Waals surface area contributed by atoms with Gasteiger partial charge in [0.2, 0.25) is 5.91 Å². The lowest BCUT2D eigenvalue weighted by molar-refractivity contribution is -0.113. The zero-order valence-corrected chi connectivity index (χ0v) is 18.7. The number of carbonyl (C=O) groups is 1. The first kappa shape index (κ1) is 22.0. The lowest BCUT2D eigenvalue weighted by Gasteiger charge is -2.14. The molecular weight excluding hydrogens is 444 g/mol. The molecular formula is C20H20N2O5S3. The number of benzene rings is 2. The molecule has 158 valence electrons. The number of methoxy groups -OCH3 is 2. The summed E-state index contributed by atoms with van der Waals surface area (Å²) >= 11 is 2.97. The third-order valence-corrected chi connectivity index (χ3v) is 7.45. The first-order chi connectivity index (χ1) is 14.4. The number of hydrogen-bond donors (Lipinski definition) is 2. The van der Waals surface area contributed by atoms with E-state index in [0.29, 0.717) is 17.1 Å². The average Bonchev–Trinajstić information content (AvgIpc) is 3.26. The van der Waals surface area contributed by atoms with Gasteiger partial charge in [-0.3, -0.25) is 9.52 Å². The highest BCUT2D eigenvalue weighted by molar-refractivity contribution is 8.01. The van der Waals surface area contributed by atoms with Crippen LogP contribution in [-0.2, 0) is 14.8 Å². The Balaban J connectivity index is 1.76. The van der Waals surface area contributed by atoms with Crippen molar-refractivity contribution in [3.8, 4) is 11.5 Å². The molecule has 0 saturated carbocycles. The predicted molar refractivity (Wildman–Crippen MR) is 120 cm³/mol. The highest BCUT2D eigenvalue weighted by atomic mass is 32.2. The Morgan fingerprint density at radius 3 is 2.40 bits per heavy atom.